The predicted octanol–water partition coefficient (Wildman–Crippen LogP) is 7.98. The van der Waals surface area contributed by atoms with Gasteiger partial charge in [-0.3, -0.25) is 9.98 Å². The molecule has 2 aromatic carbocycles. The molecule has 2 aromatic rings. The van der Waals surface area contributed by atoms with E-state index in [1.165, 1.54) is 11.1 Å². The lowest BCUT2D eigenvalue weighted by Gasteiger charge is -2.06. The van der Waals surface area contributed by atoms with E-state index in [0.29, 0.717) is 0 Å². The highest BCUT2D eigenvalue weighted by Crippen LogP contribution is 2.22. The molecule has 0 saturated heterocycles. The van der Waals surface area contributed by atoms with Crippen molar-refractivity contribution in [2.75, 3.05) is 0 Å². The van der Waals surface area contributed by atoms with Gasteiger partial charge in [0.1, 0.15) is 0 Å². The van der Waals surface area contributed by atoms with Gasteiger partial charge in [-0.2, -0.15) is 0 Å². The van der Waals surface area contributed by atoms with E-state index in [1.54, 1.807) is 0 Å². The third-order valence-corrected chi connectivity index (χ3v) is 4.78. The molecule has 0 unspecified atom stereocenters. The van der Waals surface area contributed by atoms with E-state index in [-0.39, 0.29) is 0 Å². The Kier molecular flexibility index (Phi) is 10.4. The van der Waals surface area contributed by atoms with Crippen molar-refractivity contribution in [3.8, 4) is 0 Å². The number of hydrogen-bond acceptors (Lipinski definition) is 2. The minimum absolute atomic E-state index is 0.926. The topological polar surface area (TPSA) is 24.7 Å². The van der Waals surface area contributed by atoms with E-state index >= 15 is 0 Å². The maximum Gasteiger partial charge on any atom is 0.0665 e. The Bertz CT molecular complexity index is 856. The van der Waals surface area contributed by atoms with Gasteiger partial charge in [0.2, 0.25) is 0 Å². The van der Waals surface area contributed by atoms with E-state index in [4.69, 9.17) is 9.98 Å². The van der Waals surface area contributed by atoms with Crippen LogP contribution in [0, 0.1) is 0 Å². The van der Waals surface area contributed by atoms with Crippen molar-refractivity contribution in [3.05, 3.63) is 84.0 Å². The summed E-state index contributed by atoms with van der Waals surface area (Å²) in [4.78, 5) is 9.56. The predicted molar refractivity (Wildman–Crippen MR) is 129 cm³/mol. The van der Waals surface area contributed by atoms with Crippen LogP contribution in [0.1, 0.15) is 57.6 Å². The Labute approximate surface area is 176 Å². The van der Waals surface area contributed by atoms with Crippen LogP contribution in [-0.4, -0.2) is 11.9 Å². The lowest BCUT2D eigenvalue weighted by molar-refractivity contribution is 0.842. The van der Waals surface area contributed by atoms with Crippen molar-refractivity contribution >= 4 is 23.3 Å². The molecule has 0 aliphatic rings. The monoisotopic (exact) mass is 386 g/mol. The summed E-state index contributed by atoms with van der Waals surface area (Å²) >= 11 is 0. The van der Waals surface area contributed by atoms with Crippen LogP contribution in [0.5, 0.6) is 0 Å². The number of allylic oxidation sites excluding steroid dienone is 4. The summed E-state index contributed by atoms with van der Waals surface area (Å²) in [6.45, 7) is 6.16. The molecule has 0 atom stereocenters. The van der Waals surface area contributed by atoms with Gasteiger partial charge in [-0.1, -0.05) is 60.7 Å². The van der Waals surface area contributed by atoms with Crippen molar-refractivity contribution < 1.29 is 0 Å². The van der Waals surface area contributed by atoms with Crippen molar-refractivity contribution in [3.63, 3.8) is 0 Å². The smallest absolute Gasteiger partial charge is 0.0665 e. The molecule has 0 bridgehead atoms. The van der Waals surface area contributed by atoms with Crippen LogP contribution in [0.2, 0.25) is 0 Å². The highest BCUT2D eigenvalue weighted by molar-refractivity contribution is 6.30. The maximum absolute atomic E-state index is 4.83. The summed E-state index contributed by atoms with van der Waals surface area (Å²) in [5.41, 5.74) is 5.62. The lowest BCUT2D eigenvalue weighted by Crippen LogP contribution is -1.94. The van der Waals surface area contributed by atoms with Crippen LogP contribution in [0.15, 0.2) is 82.8 Å². The van der Waals surface area contributed by atoms with Crippen LogP contribution < -0.4 is 0 Å². The number of benzene rings is 2. The highest BCUT2D eigenvalue weighted by atomic mass is 14.8. The molecule has 2 heteroatoms. The van der Waals surface area contributed by atoms with Gasteiger partial charge in [-0.15, -0.1) is 0 Å². The second kappa shape index (κ2) is 13.4. The SMILES string of the molecule is CC=CCCCc1ccccc1N=CC(C)=Nc1ccccc1CCCC=CC. The fourth-order valence-electron chi connectivity index (χ4n) is 3.22. The van der Waals surface area contributed by atoms with E-state index in [0.717, 1.165) is 55.6 Å². The molecule has 0 saturated carbocycles. The Morgan fingerprint density at radius 3 is 1.86 bits per heavy atom. The molecular formula is C27H34N2. The molecule has 0 aliphatic carbocycles. The molecule has 0 spiro atoms. The average Bonchev–Trinajstić information content (AvgIpc) is 2.74. The van der Waals surface area contributed by atoms with E-state index in [1.807, 2.05) is 13.1 Å². The number of aryl methyl sites for hydroxylation is 2. The molecule has 2 nitrogen and oxygen atoms in total. The summed E-state index contributed by atoms with van der Waals surface area (Å²) in [6, 6.07) is 16.8. The fourth-order valence-corrected chi connectivity index (χ4v) is 3.22. The first kappa shape index (κ1) is 22.5. The first-order valence-corrected chi connectivity index (χ1v) is 10.7. The Hall–Kier alpha value is -2.74. The number of hydrogen-bond donors (Lipinski definition) is 0. The van der Waals surface area contributed by atoms with Gasteiger partial charge in [0.15, 0.2) is 0 Å². The largest absolute Gasteiger partial charge is 0.255 e. The van der Waals surface area contributed by atoms with Crippen LogP contribution in [0.4, 0.5) is 11.4 Å². The second-order valence-corrected chi connectivity index (χ2v) is 7.19. The number of unbranched alkanes of at least 4 members (excludes halogenated alkanes) is 2. The third kappa shape index (κ3) is 8.43. The van der Waals surface area contributed by atoms with Crippen molar-refractivity contribution in [2.45, 2.75) is 59.3 Å². The summed E-state index contributed by atoms with van der Waals surface area (Å²) in [5.74, 6) is 0. The van der Waals surface area contributed by atoms with E-state index in [2.05, 4.69) is 86.7 Å². The molecular weight excluding hydrogens is 352 g/mol. The van der Waals surface area contributed by atoms with Gasteiger partial charge in [-0.05, 0) is 82.6 Å². The Morgan fingerprint density at radius 2 is 1.28 bits per heavy atom. The Morgan fingerprint density at radius 1 is 0.759 bits per heavy atom. The van der Waals surface area contributed by atoms with Gasteiger partial charge in [0.25, 0.3) is 0 Å². The van der Waals surface area contributed by atoms with E-state index < -0.39 is 0 Å². The second-order valence-electron chi connectivity index (χ2n) is 7.19. The molecule has 0 aromatic heterocycles. The maximum atomic E-state index is 4.83. The zero-order chi connectivity index (χ0) is 20.7. The minimum atomic E-state index is 0.926. The standard InChI is InChI=1S/C27H34N2/c1-4-6-8-10-16-24-18-12-14-20-26(24)28-22-23(3)29-27-21-15-13-19-25(27)17-11-9-7-5-2/h4-7,12-15,18-22H,8-11,16-17H2,1-3H3. The molecule has 0 aliphatic heterocycles. The van der Waals surface area contributed by atoms with Crippen LogP contribution in [0.25, 0.3) is 0 Å². The highest BCUT2D eigenvalue weighted by Gasteiger charge is 2.02. The summed E-state index contributed by atoms with van der Waals surface area (Å²) in [6.07, 6.45) is 17.2. The van der Waals surface area contributed by atoms with Crippen LogP contribution in [0.3, 0.4) is 0 Å². The molecule has 0 radical (unpaired) electrons. The summed E-state index contributed by atoms with van der Waals surface area (Å²) in [7, 11) is 0. The zero-order valence-corrected chi connectivity index (χ0v) is 18.1. The molecule has 152 valence electrons. The quantitative estimate of drug-likeness (QED) is 0.212. The number of aliphatic imine (C=N–C) groups is 2. The van der Waals surface area contributed by atoms with Gasteiger partial charge < -0.3 is 0 Å². The number of para-hydroxylation sites is 2. The summed E-state index contributed by atoms with van der Waals surface area (Å²) < 4.78 is 0. The molecule has 29 heavy (non-hydrogen) atoms. The molecule has 0 fully saturated rings. The van der Waals surface area contributed by atoms with Crippen molar-refractivity contribution in [2.24, 2.45) is 9.98 Å². The normalized spacial score (nSPS) is 12.6. The lowest BCUT2D eigenvalue weighted by atomic mass is 10.1. The average molecular weight is 387 g/mol. The molecule has 0 N–H and O–H groups in total. The third-order valence-electron chi connectivity index (χ3n) is 4.78. The fraction of sp³-hybridized carbons (Fsp3) is 0.333. The first-order valence-electron chi connectivity index (χ1n) is 10.7. The molecule has 2 rings (SSSR count). The van der Waals surface area contributed by atoms with Gasteiger partial charge in [-0.25, -0.2) is 0 Å². The summed E-state index contributed by atoms with van der Waals surface area (Å²) in [5, 5.41) is 0. The van der Waals surface area contributed by atoms with Crippen molar-refractivity contribution in [1.82, 2.24) is 0 Å². The van der Waals surface area contributed by atoms with Gasteiger partial charge in [0, 0.05) is 6.21 Å². The van der Waals surface area contributed by atoms with E-state index in [9.17, 15) is 0 Å². The Balaban J connectivity index is 2.07. The van der Waals surface area contributed by atoms with Gasteiger partial charge in [0.05, 0.1) is 17.1 Å². The van der Waals surface area contributed by atoms with Crippen molar-refractivity contribution in [1.29, 1.82) is 0 Å². The number of nitrogens with zero attached hydrogens (tertiary/aromatic N) is 2. The molecule has 0 amide bonds. The minimum Gasteiger partial charge on any atom is -0.255 e. The van der Waals surface area contributed by atoms with Gasteiger partial charge >= 0.3 is 0 Å². The number of rotatable bonds is 11. The zero-order valence-electron chi connectivity index (χ0n) is 18.1. The molecule has 0 heterocycles. The van der Waals surface area contributed by atoms with Crippen LogP contribution >= 0.6 is 0 Å². The van der Waals surface area contributed by atoms with Crippen LogP contribution in [-0.2, 0) is 12.8 Å². The first-order chi connectivity index (χ1) is 14.2.